The highest BCUT2D eigenvalue weighted by Crippen LogP contribution is 2.12. The van der Waals surface area contributed by atoms with Crippen molar-refractivity contribution < 1.29 is 0 Å². The third-order valence-corrected chi connectivity index (χ3v) is 5.33. The van der Waals surface area contributed by atoms with Crippen molar-refractivity contribution in [2.75, 3.05) is 13.6 Å². The van der Waals surface area contributed by atoms with Crippen LogP contribution in [0.5, 0.6) is 0 Å². The zero-order valence-corrected chi connectivity index (χ0v) is 18.5. The number of aromatic nitrogens is 1. The number of hydrogen-bond acceptors (Lipinski definition) is 2. The van der Waals surface area contributed by atoms with E-state index in [0.717, 1.165) is 30.6 Å². The summed E-state index contributed by atoms with van der Waals surface area (Å²) in [6.07, 6.45) is 7.81. The summed E-state index contributed by atoms with van der Waals surface area (Å²) >= 11 is 5.91. The maximum atomic E-state index is 12.5. The van der Waals surface area contributed by atoms with Crippen molar-refractivity contribution in [3.05, 3.63) is 104 Å². The van der Waals surface area contributed by atoms with E-state index in [0.29, 0.717) is 11.6 Å². The molecule has 0 aliphatic rings. The summed E-state index contributed by atoms with van der Waals surface area (Å²) in [4.78, 5) is 14.8. The predicted molar refractivity (Wildman–Crippen MR) is 128 cm³/mol. The molecule has 0 fully saturated rings. The molecule has 1 heterocycles. The fourth-order valence-corrected chi connectivity index (χ4v) is 3.54. The third-order valence-electron chi connectivity index (χ3n) is 5.08. The van der Waals surface area contributed by atoms with Crippen LogP contribution in [0, 0.1) is 0 Å². The summed E-state index contributed by atoms with van der Waals surface area (Å²) in [5.41, 5.74) is 4.53. The molecule has 0 amide bonds. The largest absolute Gasteiger partial charge is 0.315 e. The fraction of sp³-hybridized carbons (Fsp3) is 0.269. The molecule has 0 saturated heterocycles. The van der Waals surface area contributed by atoms with Crippen molar-refractivity contribution in [1.82, 2.24) is 9.47 Å². The van der Waals surface area contributed by atoms with E-state index < -0.39 is 0 Å². The first kappa shape index (κ1) is 22.1. The van der Waals surface area contributed by atoms with Crippen LogP contribution in [0.2, 0.25) is 5.02 Å². The smallest absolute Gasteiger partial charge is 0.251 e. The summed E-state index contributed by atoms with van der Waals surface area (Å²) in [6.45, 7) is 4.95. The van der Waals surface area contributed by atoms with Crippen molar-refractivity contribution in [2.45, 2.75) is 32.9 Å². The molecule has 0 radical (unpaired) electrons. The van der Waals surface area contributed by atoms with Crippen LogP contribution in [0.1, 0.15) is 35.6 Å². The molecule has 3 rings (SSSR count). The lowest BCUT2D eigenvalue weighted by Crippen LogP contribution is -2.20. The van der Waals surface area contributed by atoms with E-state index in [2.05, 4.69) is 43.1 Å². The van der Waals surface area contributed by atoms with Gasteiger partial charge in [-0.05, 0) is 66.9 Å². The van der Waals surface area contributed by atoms with E-state index in [1.807, 2.05) is 48.7 Å². The van der Waals surface area contributed by atoms with E-state index in [1.165, 1.54) is 17.5 Å². The molecule has 30 heavy (non-hydrogen) atoms. The minimum Gasteiger partial charge on any atom is -0.315 e. The van der Waals surface area contributed by atoms with Gasteiger partial charge >= 0.3 is 0 Å². The topological polar surface area (TPSA) is 25.2 Å². The number of nitrogens with zero attached hydrogens (tertiary/aromatic N) is 2. The Hall–Kier alpha value is -2.62. The average Bonchev–Trinajstić information content (AvgIpc) is 2.74. The highest BCUT2D eigenvalue weighted by molar-refractivity contribution is 6.30. The SMILES string of the molecule is CCCN(C)Cc1ccc(CCn2ccc(C=Cc3ccc(Cl)cc3)cc2=O)cc1. The molecule has 2 aromatic carbocycles. The fourth-order valence-electron chi connectivity index (χ4n) is 3.41. The number of aryl methyl sites for hydroxylation is 2. The molecule has 0 bridgehead atoms. The van der Waals surface area contributed by atoms with Crippen LogP contribution in [0.15, 0.2) is 71.7 Å². The van der Waals surface area contributed by atoms with E-state index in [1.54, 1.807) is 10.6 Å². The predicted octanol–water partition coefficient (Wildman–Crippen LogP) is 5.76. The maximum absolute atomic E-state index is 12.5. The number of rotatable bonds is 9. The minimum absolute atomic E-state index is 0.0195. The van der Waals surface area contributed by atoms with Gasteiger partial charge < -0.3 is 9.47 Å². The molecular formula is C26H29ClN2O. The molecular weight excluding hydrogens is 392 g/mol. The Morgan fingerprint density at radius 3 is 2.27 bits per heavy atom. The molecule has 4 heteroatoms. The van der Waals surface area contributed by atoms with Crippen LogP contribution in [0.4, 0.5) is 0 Å². The summed E-state index contributed by atoms with van der Waals surface area (Å²) < 4.78 is 1.77. The quantitative estimate of drug-likeness (QED) is 0.440. The van der Waals surface area contributed by atoms with Gasteiger partial charge in [0.05, 0.1) is 0 Å². The summed E-state index contributed by atoms with van der Waals surface area (Å²) in [7, 11) is 2.15. The van der Waals surface area contributed by atoms with Crippen molar-refractivity contribution in [1.29, 1.82) is 0 Å². The van der Waals surface area contributed by atoms with Crippen molar-refractivity contribution in [3.63, 3.8) is 0 Å². The van der Waals surface area contributed by atoms with Gasteiger partial charge in [-0.15, -0.1) is 0 Å². The number of hydrogen-bond donors (Lipinski definition) is 0. The Labute approximate surface area is 184 Å². The Morgan fingerprint density at radius 2 is 1.60 bits per heavy atom. The molecule has 1 aromatic heterocycles. The molecule has 0 aliphatic heterocycles. The zero-order valence-electron chi connectivity index (χ0n) is 17.7. The lowest BCUT2D eigenvalue weighted by Gasteiger charge is -2.15. The summed E-state index contributed by atoms with van der Waals surface area (Å²) in [5.74, 6) is 0. The van der Waals surface area contributed by atoms with Crippen molar-refractivity contribution in [2.24, 2.45) is 0 Å². The van der Waals surface area contributed by atoms with Gasteiger partial charge in [-0.3, -0.25) is 4.79 Å². The Kier molecular flexibility index (Phi) is 8.06. The summed E-state index contributed by atoms with van der Waals surface area (Å²) in [5, 5.41) is 0.716. The second-order valence-electron chi connectivity index (χ2n) is 7.68. The normalized spacial score (nSPS) is 11.5. The van der Waals surface area contributed by atoms with Crippen molar-refractivity contribution in [3.8, 4) is 0 Å². The van der Waals surface area contributed by atoms with Gasteiger partial charge in [0.1, 0.15) is 0 Å². The molecule has 0 atom stereocenters. The Balaban J connectivity index is 1.57. The van der Waals surface area contributed by atoms with Crippen LogP contribution in [0.3, 0.4) is 0 Å². The molecule has 0 saturated carbocycles. The van der Waals surface area contributed by atoms with Crippen LogP contribution in [-0.2, 0) is 19.5 Å². The van der Waals surface area contributed by atoms with Crippen LogP contribution in [-0.4, -0.2) is 23.1 Å². The number of benzene rings is 2. The highest BCUT2D eigenvalue weighted by atomic mass is 35.5. The van der Waals surface area contributed by atoms with Crippen LogP contribution in [0.25, 0.3) is 12.2 Å². The number of pyridine rings is 1. The maximum Gasteiger partial charge on any atom is 0.251 e. The lowest BCUT2D eigenvalue weighted by atomic mass is 10.1. The first-order valence-corrected chi connectivity index (χ1v) is 10.8. The van der Waals surface area contributed by atoms with Gasteiger partial charge in [0.2, 0.25) is 0 Å². The minimum atomic E-state index is 0.0195. The molecule has 0 aliphatic carbocycles. The Bertz CT molecular complexity index is 1020. The first-order chi connectivity index (χ1) is 14.5. The van der Waals surface area contributed by atoms with E-state index >= 15 is 0 Å². The first-order valence-electron chi connectivity index (χ1n) is 10.4. The van der Waals surface area contributed by atoms with Crippen LogP contribution >= 0.6 is 11.6 Å². The van der Waals surface area contributed by atoms with Gasteiger partial charge in [0, 0.05) is 30.4 Å². The number of halogens is 1. The molecule has 0 unspecified atom stereocenters. The second kappa shape index (κ2) is 11.0. The molecule has 0 spiro atoms. The van der Waals surface area contributed by atoms with Gasteiger partial charge in [-0.2, -0.15) is 0 Å². The van der Waals surface area contributed by atoms with Crippen molar-refractivity contribution >= 4 is 23.8 Å². The molecule has 156 valence electrons. The average molecular weight is 421 g/mol. The Morgan fingerprint density at radius 1 is 0.933 bits per heavy atom. The van der Waals surface area contributed by atoms with Gasteiger partial charge in [0.25, 0.3) is 5.56 Å². The third kappa shape index (κ3) is 6.72. The summed E-state index contributed by atoms with van der Waals surface area (Å²) in [6, 6.07) is 20.0. The van der Waals surface area contributed by atoms with Gasteiger partial charge in [0.15, 0.2) is 0 Å². The zero-order chi connectivity index (χ0) is 21.3. The molecule has 3 nitrogen and oxygen atoms in total. The van der Waals surface area contributed by atoms with E-state index in [-0.39, 0.29) is 5.56 Å². The highest BCUT2D eigenvalue weighted by Gasteiger charge is 2.02. The van der Waals surface area contributed by atoms with Crippen LogP contribution < -0.4 is 5.56 Å². The standard InChI is InChI=1S/C26H29ClN2O/c1-3-16-28(2)20-24-8-5-22(6-9-24)14-17-29-18-15-23(19-26(29)30)7-4-21-10-12-25(27)13-11-21/h4-13,15,18-19H,3,14,16-17,20H2,1-2H3. The van der Waals surface area contributed by atoms with Gasteiger partial charge in [-0.1, -0.05) is 67.1 Å². The lowest BCUT2D eigenvalue weighted by molar-refractivity contribution is 0.327. The monoisotopic (exact) mass is 420 g/mol. The van der Waals surface area contributed by atoms with Gasteiger partial charge in [-0.25, -0.2) is 0 Å². The molecule has 0 N–H and O–H groups in total. The van der Waals surface area contributed by atoms with E-state index in [4.69, 9.17) is 11.6 Å². The molecule has 3 aromatic rings. The second-order valence-corrected chi connectivity index (χ2v) is 8.12. The van der Waals surface area contributed by atoms with E-state index in [9.17, 15) is 4.79 Å².